The number of benzene rings is 1. The predicted molar refractivity (Wildman–Crippen MR) is 65.2 cm³/mol. The van der Waals surface area contributed by atoms with Crippen molar-refractivity contribution >= 4 is 0 Å². The summed E-state index contributed by atoms with van der Waals surface area (Å²) in [4.78, 5) is 0. The summed E-state index contributed by atoms with van der Waals surface area (Å²) in [5.74, 6) is 0. The Labute approximate surface area is 97.1 Å². The van der Waals surface area contributed by atoms with Crippen LogP contribution in [0.3, 0.4) is 0 Å². The van der Waals surface area contributed by atoms with E-state index in [4.69, 9.17) is 10.2 Å². The van der Waals surface area contributed by atoms with Crippen LogP contribution in [0.4, 0.5) is 0 Å². The summed E-state index contributed by atoms with van der Waals surface area (Å²) >= 11 is 0. The maximum Gasteiger partial charge on any atom is 0.0681 e. The molecule has 1 aromatic rings. The minimum absolute atomic E-state index is 0.0266. The molecule has 0 saturated carbocycles. The molecule has 1 aromatic carbocycles. The number of aliphatic hydroxyl groups excluding tert-OH is 2. The molecule has 1 saturated heterocycles. The summed E-state index contributed by atoms with van der Waals surface area (Å²) in [5, 5.41) is 20.7. The van der Waals surface area contributed by atoms with E-state index in [0.717, 1.165) is 31.5 Å². The highest BCUT2D eigenvalue weighted by atomic mass is 16.3. The molecule has 1 fully saturated rings. The SMILES string of the molecule is Cc1ccc(CO)cc1.OC1CCNCC1. The molecule has 0 spiro atoms. The van der Waals surface area contributed by atoms with Gasteiger partial charge in [0.2, 0.25) is 0 Å². The van der Waals surface area contributed by atoms with Gasteiger partial charge in [-0.3, -0.25) is 0 Å². The number of hydrogen-bond acceptors (Lipinski definition) is 3. The summed E-state index contributed by atoms with van der Waals surface area (Å²) in [6.45, 7) is 4.14. The van der Waals surface area contributed by atoms with Crippen molar-refractivity contribution in [2.75, 3.05) is 13.1 Å². The largest absolute Gasteiger partial charge is 0.393 e. The first-order chi connectivity index (χ1) is 7.72. The minimum Gasteiger partial charge on any atom is -0.393 e. The fourth-order valence-corrected chi connectivity index (χ4v) is 1.50. The van der Waals surface area contributed by atoms with E-state index in [1.807, 2.05) is 31.2 Å². The molecule has 0 unspecified atom stereocenters. The number of hydrogen-bond donors (Lipinski definition) is 3. The zero-order valence-electron chi connectivity index (χ0n) is 9.82. The third kappa shape index (κ3) is 5.26. The first kappa shape index (κ1) is 13.2. The van der Waals surface area contributed by atoms with Crippen molar-refractivity contribution in [1.29, 1.82) is 0 Å². The fourth-order valence-electron chi connectivity index (χ4n) is 1.50. The van der Waals surface area contributed by atoms with Crippen LogP contribution in [-0.4, -0.2) is 29.4 Å². The standard InChI is InChI=1S/C8H10O.C5H11NO/c1-7-2-4-8(6-9)5-3-7;7-5-1-3-6-4-2-5/h2-5,9H,6H2,1H3;5-7H,1-4H2. The molecule has 3 N–H and O–H groups in total. The Balaban J connectivity index is 0.000000165. The molecule has 3 nitrogen and oxygen atoms in total. The summed E-state index contributed by atoms with van der Waals surface area (Å²) in [5.41, 5.74) is 2.20. The van der Waals surface area contributed by atoms with Crippen molar-refractivity contribution in [1.82, 2.24) is 5.32 Å². The average Bonchev–Trinajstić information content (AvgIpc) is 2.32. The Kier molecular flexibility index (Phi) is 6.08. The quantitative estimate of drug-likeness (QED) is 0.671. The second kappa shape index (κ2) is 7.39. The van der Waals surface area contributed by atoms with E-state index in [-0.39, 0.29) is 12.7 Å². The topological polar surface area (TPSA) is 52.5 Å². The van der Waals surface area contributed by atoms with Gasteiger partial charge < -0.3 is 15.5 Å². The van der Waals surface area contributed by atoms with Crippen molar-refractivity contribution in [2.45, 2.75) is 32.5 Å². The van der Waals surface area contributed by atoms with E-state index in [2.05, 4.69) is 5.32 Å². The summed E-state index contributed by atoms with van der Waals surface area (Å²) in [6.07, 6.45) is 1.83. The number of aliphatic hydroxyl groups is 2. The van der Waals surface area contributed by atoms with Crippen LogP contribution < -0.4 is 5.32 Å². The van der Waals surface area contributed by atoms with Gasteiger partial charge in [-0.1, -0.05) is 29.8 Å². The number of aryl methyl sites for hydroxylation is 1. The fraction of sp³-hybridized carbons (Fsp3) is 0.538. The Morgan fingerprint density at radius 2 is 1.75 bits per heavy atom. The van der Waals surface area contributed by atoms with Gasteiger partial charge in [0.15, 0.2) is 0 Å². The molecule has 3 heteroatoms. The lowest BCUT2D eigenvalue weighted by atomic mass is 10.1. The highest BCUT2D eigenvalue weighted by Crippen LogP contribution is 2.01. The van der Waals surface area contributed by atoms with Crippen LogP contribution in [0, 0.1) is 6.92 Å². The molecule has 0 amide bonds. The van der Waals surface area contributed by atoms with Crippen LogP contribution in [-0.2, 0) is 6.61 Å². The molecule has 1 heterocycles. The molecule has 1 aliphatic heterocycles. The van der Waals surface area contributed by atoms with E-state index in [1.165, 1.54) is 5.56 Å². The van der Waals surface area contributed by atoms with E-state index in [0.29, 0.717) is 0 Å². The van der Waals surface area contributed by atoms with Crippen LogP contribution in [0.1, 0.15) is 24.0 Å². The van der Waals surface area contributed by atoms with Gasteiger partial charge in [0.05, 0.1) is 12.7 Å². The van der Waals surface area contributed by atoms with Crippen molar-refractivity contribution in [3.63, 3.8) is 0 Å². The lowest BCUT2D eigenvalue weighted by Gasteiger charge is -2.16. The molecule has 0 radical (unpaired) electrons. The molecule has 0 aliphatic carbocycles. The van der Waals surface area contributed by atoms with Gasteiger partial charge >= 0.3 is 0 Å². The molecule has 0 bridgehead atoms. The van der Waals surface area contributed by atoms with Crippen molar-refractivity contribution in [3.8, 4) is 0 Å². The predicted octanol–water partition coefficient (Wildman–Crippen LogP) is 1.22. The lowest BCUT2D eigenvalue weighted by molar-refractivity contribution is 0.137. The van der Waals surface area contributed by atoms with E-state index in [1.54, 1.807) is 0 Å². The first-order valence-electron chi connectivity index (χ1n) is 5.77. The maximum absolute atomic E-state index is 8.87. The molecule has 1 aliphatic rings. The number of piperidine rings is 1. The van der Waals surface area contributed by atoms with Crippen molar-refractivity contribution in [2.24, 2.45) is 0 Å². The van der Waals surface area contributed by atoms with E-state index in [9.17, 15) is 0 Å². The molecule has 0 atom stereocenters. The molecular weight excluding hydrogens is 202 g/mol. The zero-order valence-corrected chi connectivity index (χ0v) is 9.82. The van der Waals surface area contributed by atoms with Crippen LogP contribution in [0.2, 0.25) is 0 Å². The second-order valence-electron chi connectivity index (χ2n) is 4.12. The lowest BCUT2D eigenvalue weighted by Crippen LogP contribution is -2.30. The van der Waals surface area contributed by atoms with Crippen molar-refractivity contribution < 1.29 is 10.2 Å². The van der Waals surface area contributed by atoms with Gasteiger partial charge in [-0.05, 0) is 38.4 Å². The number of rotatable bonds is 1. The van der Waals surface area contributed by atoms with Crippen LogP contribution in [0.15, 0.2) is 24.3 Å². The molecule has 16 heavy (non-hydrogen) atoms. The van der Waals surface area contributed by atoms with Gasteiger partial charge in [-0.25, -0.2) is 0 Å². The Morgan fingerprint density at radius 1 is 1.19 bits per heavy atom. The van der Waals surface area contributed by atoms with Crippen LogP contribution in [0.5, 0.6) is 0 Å². The zero-order chi connectivity index (χ0) is 11.8. The first-order valence-corrected chi connectivity index (χ1v) is 5.77. The summed E-state index contributed by atoms with van der Waals surface area (Å²) < 4.78 is 0. The smallest absolute Gasteiger partial charge is 0.0681 e. The average molecular weight is 223 g/mol. The third-order valence-corrected chi connectivity index (χ3v) is 2.61. The van der Waals surface area contributed by atoms with E-state index < -0.39 is 0 Å². The van der Waals surface area contributed by atoms with Crippen LogP contribution in [0.25, 0.3) is 0 Å². The van der Waals surface area contributed by atoms with Gasteiger partial charge in [0.25, 0.3) is 0 Å². The van der Waals surface area contributed by atoms with Gasteiger partial charge in [-0.15, -0.1) is 0 Å². The summed E-state index contributed by atoms with van der Waals surface area (Å²) in [7, 11) is 0. The Bertz CT molecular complexity index is 278. The summed E-state index contributed by atoms with van der Waals surface area (Å²) in [6, 6.07) is 7.84. The van der Waals surface area contributed by atoms with E-state index >= 15 is 0 Å². The van der Waals surface area contributed by atoms with Gasteiger partial charge in [-0.2, -0.15) is 0 Å². The van der Waals surface area contributed by atoms with Gasteiger partial charge in [0, 0.05) is 0 Å². The van der Waals surface area contributed by atoms with Crippen molar-refractivity contribution in [3.05, 3.63) is 35.4 Å². The monoisotopic (exact) mass is 223 g/mol. The normalized spacial score (nSPS) is 16.4. The molecule has 90 valence electrons. The van der Waals surface area contributed by atoms with Crippen LogP contribution >= 0.6 is 0 Å². The Hall–Kier alpha value is -0.900. The highest BCUT2D eigenvalue weighted by Gasteiger charge is 2.06. The molecular formula is C13H21NO2. The molecule has 0 aromatic heterocycles. The minimum atomic E-state index is -0.0266. The third-order valence-electron chi connectivity index (χ3n) is 2.61. The number of nitrogens with one attached hydrogen (secondary N) is 1. The maximum atomic E-state index is 8.87. The highest BCUT2D eigenvalue weighted by molar-refractivity contribution is 5.20. The molecule has 2 rings (SSSR count). The second-order valence-corrected chi connectivity index (χ2v) is 4.12. The van der Waals surface area contributed by atoms with Gasteiger partial charge in [0.1, 0.15) is 0 Å². The Morgan fingerprint density at radius 3 is 2.12 bits per heavy atom.